The second-order valence-corrected chi connectivity index (χ2v) is 6.35. The fourth-order valence-corrected chi connectivity index (χ4v) is 2.67. The Morgan fingerprint density at radius 1 is 1.21 bits per heavy atom. The van der Waals surface area contributed by atoms with Gasteiger partial charge in [-0.25, -0.2) is 4.39 Å². The summed E-state index contributed by atoms with van der Waals surface area (Å²) in [5.74, 6) is -0.698. The molecule has 1 N–H and O–H groups in total. The molecule has 1 atom stereocenters. The van der Waals surface area contributed by atoms with Crippen molar-refractivity contribution in [2.24, 2.45) is 0 Å². The number of hydrogen-bond donors (Lipinski definition) is 1. The Morgan fingerprint density at radius 3 is 2.64 bits per heavy atom. The van der Waals surface area contributed by atoms with E-state index < -0.39 is 17.5 Å². The number of aromatic nitrogens is 2. The molecule has 0 saturated carbocycles. The molecule has 0 aliphatic carbocycles. The van der Waals surface area contributed by atoms with Crippen LogP contribution in [0.4, 0.5) is 10.1 Å². The van der Waals surface area contributed by atoms with Crippen LogP contribution in [0.5, 0.6) is 5.88 Å². The van der Waals surface area contributed by atoms with Gasteiger partial charge in [0.25, 0.3) is 11.5 Å². The fourth-order valence-electron chi connectivity index (χ4n) is 2.48. The van der Waals surface area contributed by atoms with Crippen LogP contribution in [0.2, 0.25) is 5.02 Å². The Bertz CT molecular complexity index is 1040. The van der Waals surface area contributed by atoms with Gasteiger partial charge < -0.3 is 10.1 Å². The molecule has 0 spiro atoms. The zero-order chi connectivity index (χ0) is 20.1. The summed E-state index contributed by atoms with van der Waals surface area (Å²) in [6.45, 7) is 1.79. The molecule has 144 valence electrons. The summed E-state index contributed by atoms with van der Waals surface area (Å²) < 4.78 is 19.9. The number of carbonyl (C=O) groups excluding carboxylic acids is 1. The molecule has 0 radical (unpaired) electrons. The minimum atomic E-state index is -0.828. The second kappa shape index (κ2) is 8.67. The molecule has 0 aliphatic rings. The van der Waals surface area contributed by atoms with Gasteiger partial charge in [-0.1, -0.05) is 24.6 Å². The van der Waals surface area contributed by atoms with Crippen LogP contribution in [-0.4, -0.2) is 21.8 Å². The molecule has 1 heterocycles. The predicted molar refractivity (Wildman–Crippen MR) is 105 cm³/mol. The zero-order valence-electron chi connectivity index (χ0n) is 14.9. The van der Waals surface area contributed by atoms with E-state index in [1.165, 1.54) is 36.4 Å². The molecule has 0 unspecified atom stereocenters. The van der Waals surface area contributed by atoms with Gasteiger partial charge in [0.05, 0.1) is 5.69 Å². The number of nitrogens with one attached hydrogen (secondary N) is 1. The van der Waals surface area contributed by atoms with Crippen LogP contribution in [0.25, 0.3) is 5.69 Å². The van der Waals surface area contributed by atoms with Gasteiger partial charge in [-0.05, 0) is 48.9 Å². The lowest BCUT2D eigenvalue weighted by molar-refractivity contribution is -0.123. The standard InChI is InChI=1S/C20H17ClFN3O3/c1-2-17(20(27)23-15-5-3-4-13(21)12-15)28-18-10-11-19(26)25(24-18)16-8-6-14(22)7-9-16/h3-12,17H,2H2,1H3,(H,23,27)/t17-/m0/s1. The van der Waals surface area contributed by atoms with Crippen molar-refractivity contribution in [3.05, 3.63) is 81.9 Å². The van der Waals surface area contributed by atoms with Gasteiger partial charge in [0.2, 0.25) is 5.88 Å². The number of carbonyl (C=O) groups is 1. The van der Waals surface area contributed by atoms with Crippen molar-refractivity contribution in [2.75, 3.05) is 5.32 Å². The lowest BCUT2D eigenvalue weighted by atomic mass is 10.2. The highest BCUT2D eigenvalue weighted by molar-refractivity contribution is 6.30. The molecule has 0 bridgehead atoms. The number of halogens is 2. The van der Waals surface area contributed by atoms with Crippen molar-refractivity contribution in [1.29, 1.82) is 0 Å². The maximum absolute atomic E-state index is 13.1. The van der Waals surface area contributed by atoms with Crippen LogP contribution < -0.4 is 15.6 Å². The van der Waals surface area contributed by atoms with Gasteiger partial charge in [-0.2, -0.15) is 4.68 Å². The van der Waals surface area contributed by atoms with Gasteiger partial charge in [-0.3, -0.25) is 9.59 Å². The first kappa shape index (κ1) is 19.6. The van der Waals surface area contributed by atoms with Gasteiger partial charge in [0.1, 0.15) is 5.82 Å². The van der Waals surface area contributed by atoms with Crippen LogP contribution in [0.15, 0.2) is 65.5 Å². The lowest BCUT2D eigenvalue weighted by Crippen LogP contribution is -2.33. The van der Waals surface area contributed by atoms with E-state index in [0.717, 1.165) is 4.68 Å². The minimum absolute atomic E-state index is 0.0945. The average molecular weight is 402 g/mol. The maximum atomic E-state index is 13.1. The van der Waals surface area contributed by atoms with Crippen LogP contribution >= 0.6 is 11.6 Å². The Hall–Kier alpha value is -3.19. The first-order chi connectivity index (χ1) is 13.5. The van der Waals surface area contributed by atoms with Gasteiger partial charge in [0, 0.05) is 22.8 Å². The van der Waals surface area contributed by atoms with E-state index in [9.17, 15) is 14.0 Å². The third-order valence-electron chi connectivity index (χ3n) is 3.87. The van der Waals surface area contributed by atoms with Crippen molar-refractivity contribution in [2.45, 2.75) is 19.4 Å². The average Bonchev–Trinajstić information content (AvgIpc) is 2.68. The van der Waals surface area contributed by atoms with Crippen LogP contribution in [0.1, 0.15) is 13.3 Å². The van der Waals surface area contributed by atoms with Gasteiger partial charge in [0.15, 0.2) is 6.10 Å². The Labute approximate surface area is 165 Å². The first-order valence-corrected chi connectivity index (χ1v) is 8.93. The molecule has 2 aromatic carbocycles. The van der Waals surface area contributed by atoms with E-state index in [2.05, 4.69) is 10.4 Å². The summed E-state index contributed by atoms with van der Waals surface area (Å²) in [6.07, 6.45) is -0.449. The molecule has 8 heteroatoms. The van der Waals surface area contributed by atoms with Crippen molar-refractivity contribution < 1.29 is 13.9 Å². The SMILES string of the molecule is CC[C@H](Oc1ccc(=O)n(-c2ccc(F)cc2)n1)C(=O)Nc1cccc(Cl)c1. The third kappa shape index (κ3) is 4.75. The van der Waals surface area contributed by atoms with Crippen molar-refractivity contribution in [3.63, 3.8) is 0 Å². The van der Waals surface area contributed by atoms with Crippen LogP contribution in [0.3, 0.4) is 0 Å². The highest BCUT2D eigenvalue weighted by atomic mass is 35.5. The minimum Gasteiger partial charge on any atom is -0.463 e. The van der Waals surface area contributed by atoms with Crippen LogP contribution in [-0.2, 0) is 4.79 Å². The quantitative estimate of drug-likeness (QED) is 0.681. The molecule has 1 amide bonds. The van der Waals surface area contributed by atoms with E-state index in [-0.39, 0.29) is 11.8 Å². The lowest BCUT2D eigenvalue weighted by Gasteiger charge is -2.17. The molecule has 0 aliphatic heterocycles. The van der Waals surface area contributed by atoms with Crippen LogP contribution in [0, 0.1) is 5.82 Å². The number of anilines is 1. The molecule has 6 nitrogen and oxygen atoms in total. The summed E-state index contributed by atoms with van der Waals surface area (Å²) in [4.78, 5) is 24.6. The number of amides is 1. The van der Waals surface area contributed by atoms with E-state index in [0.29, 0.717) is 22.8 Å². The second-order valence-electron chi connectivity index (χ2n) is 5.91. The summed E-state index contributed by atoms with van der Waals surface area (Å²) in [7, 11) is 0. The molecule has 0 saturated heterocycles. The Morgan fingerprint density at radius 2 is 1.96 bits per heavy atom. The molecule has 3 rings (SSSR count). The largest absolute Gasteiger partial charge is 0.463 e. The Kier molecular flexibility index (Phi) is 6.06. The smallest absolute Gasteiger partial charge is 0.271 e. The monoisotopic (exact) mass is 401 g/mol. The predicted octanol–water partition coefficient (Wildman–Crippen LogP) is 3.82. The third-order valence-corrected chi connectivity index (χ3v) is 4.10. The molecule has 1 aromatic heterocycles. The zero-order valence-corrected chi connectivity index (χ0v) is 15.7. The van der Waals surface area contributed by atoms with Gasteiger partial charge >= 0.3 is 0 Å². The van der Waals surface area contributed by atoms with Crippen molar-refractivity contribution in [3.8, 4) is 11.6 Å². The maximum Gasteiger partial charge on any atom is 0.271 e. The topological polar surface area (TPSA) is 73.2 Å². The molecular weight excluding hydrogens is 385 g/mol. The normalized spacial score (nSPS) is 11.7. The fraction of sp³-hybridized carbons (Fsp3) is 0.150. The highest BCUT2D eigenvalue weighted by Crippen LogP contribution is 2.17. The highest BCUT2D eigenvalue weighted by Gasteiger charge is 2.20. The first-order valence-electron chi connectivity index (χ1n) is 8.55. The van der Waals surface area contributed by atoms with E-state index in [1.807, 2.05) is 0 Å². The van der Waals surface area contributed by atoms with Crippen molar-refractivity contribution in [1.82, 2.24) is 9.78 Å². The molecule has 3 aromatic rings. The number of hydrogen-bond acceptors (Lipinski definition) is 4. The summed E-state index contributed by atoms with van der Waals surface area (Å²) >= 11 is 5.92. The van der Waals surface area contributed by atoms with E-state index in [1.54, 1.807) is 31.2 Å². The number of nitrogens with zero attached hydrogens (tertiary/aromatic N) is 2. The summed E-state index contributed by atoms with van der Waals surface area (Å²) in [5, 5.41) is 7.35. The summed E-state index contributed by atoms with van der Waals surface area (Å²) in [5.41, 5.74) is 0.521. The number of rotatable bonds is 6. The molecular formula is C20H17ClFN3O3. The molecule has 28 heavy (non-hydrogen) atoms. The number of ether oxygens (including phenoxy) is 1. The Balaban J connectivity index is 1.79. The van der Waals surface area contributed by atoms with E-state index >= 15 is 0 Å². The number of benzene rings is 2. The molecule has 0 fully saturated rings. The van der Waals surface area contributed by atoms with Gasteiger partial charge in [-0.15, -0.1) is 5.10 Å². The van der Waals surface area contributed by atoms with E-state index in [4.69, 9.17) is 16.3 Å². The van der Waals surface area contributed by atoms with Crippen molar-refractivity contribution >= 4 is 23.2 Å². The summed E-state index contributed by atoms with van der Waals surface area (Å²) in [6, 6.07) is 14.7.